The monoisotopic (exact) mass is 386 g/mol. The van der Waals surface area contributed by atoms with Crippen LogP contribution in [0.4, 0.5) is 13.6 Å². The minimum atomic E-state index is -2.63. The number of carbonyl (C=O) groups is 2. The van der Waals surface area contributed by atoms with Crippen molar-refractivity contribution in [3.63, 3.8) is 0 Å². The average molecular weight is 387 g/mol. The molecule has 3 rings (SSSR count). The molecule has 1 saturated carbocycles. The summed E-state index contributed by atoms with van der Waals surface area (Å²) in [6.07, 6.45) is 1.33. The lowest BCUT2D eigenvalue weighted by molar-refractivity contribution is -0.108. The summed E-state index contributed by atoms with van der Waals surface area (Å²) < 4.78 is 28.1. The molecule has 2 aliphatic carbocycles. The van der Waals surface area contributed by atoms with Crippen LogP contribution >= 0.6 is 15.9 Å². The maximum absolute atomic E-state index is 13.6. The van der Waals surface area contributed by atoms with Crippen LogP contribution in [0.15, 0.2) is 22.7 Å². The molecule has 1 atom stereocenters. The molecule has 1 spiro atoms. The van der Waals surface area contributed by atoms with E-state index in [2.05, 4.69) is 26.6 Å². The molecule has 124 valence electrons. The van der Waals surface area contributed by atoms with E-state index in [1.165, 1.54) is 0 Å². The molecule has 0 saturated heterocycles. The fourth-order valence-corrected chi connectivity index (χ4v) is 4.22. The van der Waals surface area contributed by atoms with Crippen LogP contribution in [0.1, 0.15) is 42.9 Å². The molecule has 2 N–H and O–H groups in total. The smallest absolute Gasteiger partial charge is 0.321 e. The summed E-state index contributed by atoms with van der Waals surface area (Å²) in [5, 5.41) is 4.87. The molecule has 2 aliphatic rings. The minimum Gasteiger partial charge on any atom is -0.330 e. The third-order valence-electron chi connectivity index (χ3n) is 5.02. The first-order chi connectivity index (χ1) is 10.9. The highest BCUT2D eigenvalue weighted by Gasteiger charge is 2.52. The summed E-state index contributed by atoms with van der Waals surface area (Å²) in [5.74, 6) is -2.63. The Balaban J connectivity index is 1.93. The minimum absolute atomic E-state index is 0.171. The molecule has 0 heterocycles. The number of urea groups is 1. The number of hydrogen-bond donors (Lipinski definition) is 2. The van der Waals surface area contributed by atoms with Gasteiger partial charge in [0, 0.05) is 17.3 Å². The lowest BCUT2D eigenvalue weighted by atomic mass is 9.68. The highest BCUT2D eigenvalue weighted by molar-refractivity contribution is 9.10. The van der Waals surface area contributed by atoms with Gasteiger partial charge in [-0.1, -0.05) is 22.0 Å². The first kappa shape index (κ1) is 16.4. The zero-order valence-corrected chi connectivity index (χ0v) is 14.0. The quantitative estimate of drug-likeness (QED) is 0.761. The third-order valence-corrected chi connectivity index (χ3v) is 5.51. The van der Waals surface area contributed by atoms with E-state index in [1.54, 1.807) is 0 Å². The number of fused-ring (bicyclic) bond motifs is 1. The molecule has 3 amide bonds. The molecule has 0 radical (unpaired) electrons. The van der Waals surface area contributed by atoms with Crippen molar-refractivity contribution in [2.45, 2.75) is 44.1 Å². The van der Waals surface area contributed by atoms with E-state index in [1.807, 2.05) is 18.2 Å². The van der Waals surface area contributed by atoms with Gasteiger partial charge in [-0.05, 0) is 47.9 Å². The van der Waals surface area contributed by atoms with Crippen LogP contribution < -0.4 is 10.6 Å². The zero-order chi connectivity index (χ0) is 16.7. The Morgan fingerprint density at radius 3 is 2.61 bits per heavy atom. The molecule has 1 aromatic rings. The summed E-state index contributed by atoms with van der Waals surface area (Å²) in [6, 6.07) is 4.83. The van der Waals surface area contributed by atoms with Gasteiger partial charge in [0.15, 0.2) is 0 Å². The zero-order valence-electron chi connectivity index (χ0n) is 12.4. The molecule has 23 heavy (non-hydrogen) atoms. The second-order valence-corrected chi connectivity index (χ2v) is 7.32. The van der Waals surface area contributed by atoms with E-state index >= 15 is 0 Å². The molecule has 1 aromatic carbocycles. The van der Waals surface area contributed by atoms with E-state index < -0.39 is 17.4 Å². The van der Waals surface area contributed by atoms with Crippen molar-refractivity contribution >= 4 is 28.4 Å². The van der Waals surface area contributed by atoms with Gasteiger partial charge in [-0.15, -0.1) is 0 Å². The third kappa shape index (κ3) is 3.11. The number of halogens is 3. The summed E-state index contributed by atoms with van der Waals surface area (Å²) >= 11 is 3.42. The van der Waals surface area contributed by atoms with Gasteiger partial charge in [0.25, 0.3) is 0 Å². The highest BCUT2D eigenvalue weighted by Crippen LogP contribution is 2.56. The van der Waals surface area contributed by atoms with Gasteiger partial charge >= 0.3 is 6.03 Å². The number of benzene rings is 1. The largest absolute Gasteiger partial charge is 0.330 e. The standard InChI is InChI=1S/C16H17BrF2N2O2/c17-11-2-1-10-8-15(3-5-16(18,19)6-4-15)13(12(10)7-11)21-14(23)20-9-22/h1-2,7,9,13H,3-6,8H2,(H2,20,21,22,23). The predicted octanol–water partition coefficient (Wildman–Crippen LogP) is 3.70. The van der Waals surface area contributed by atoms with Gasteiger partial charge in [-0.3, -0.25) is 10.1 Å². The Morgan fingerprint density at radius 2 is 1.96 bits per heavy atom. The molecule has 7 heteroatoms. The average Bonchev–Trinajstić information content (AvgIpc) is 2.77. The van der Waals surface area contributed by atoms with Crippen LogP contribution in [0.25, 0.3) is 0 Å². The number of alkyl halides is 2. The lowest BCUT2D eigenvalue weighted by Gasteiger charge is -2.41. The molecular weight excluding hydrogens is 370 g/mol. The molecule has 0 aromatic heterocycles. The normalized spacial score (nSPS) is 24.0. The number of amides is 3. The number of nitrogens with one attached hydrogen (secondary N) is 2. The molecule has 0 bridgehead atoms. The van der Waals surface area contributed by atoms with Crippen molar-refractivity contribution in [2.24, 2.45) is 5.41 Å². The topological polar surface area (TPSA) is 58.2 Å². The number of rotatable bonds is 2. The summed E-state index contributed by atoms with van der Waals surface area (Å²) in [4.78, 5) is 22.3. The maximum atomic E-state index is 13.6. The van der Waals surface area contributed by atoms with Crippen molar-refractivity contribution in [3.05, 3.63) is 33.8 Å². The molecular formula is C16H17BrF2N2O2. The van der Waals surface area contributed by atoms with Crippen molar-refractivity contribution in [2.75, 3.05) is 0 Å². The van der Waals surface area contributed by atoms with Crippen LogP contribution in [0.2, 0.25) is 0 Å². The second-order valence-electron chi connectivity index (χ2n) is 6.41. The molecule has 1 unspecified atom stereocenters. The van der Waals surface area contributed by atoms with Crippen LogP contribution in [-0.4, -0.2) is 18.4 Å². The van der Waals surface area contributed by atoms with Crippen molar-refractivity contribution in [3.8, 4) is 0 Å². The number of imide groups is 1. The summed E-state index contributed by atoms with van der Waals surface area (Å²) in [7, 11) is 0. The van der Waals surface area contributed by atoms with Gasteiger partial charge < -0.3 is 5.32 Å². The van der Waals surface area contributed by atoms with Crippen LogP contribution in [-0.2, 0) is 11.2 Å². The Labute approximate surface area is 141 Å². The Kier molecular flexibility index (Phi) is 4.16. The van der Waals surface area contributed by atoms with Crippen molar-refractivity contribution in [1.82, 2.24) is 10.6 Å². The second kappa shape index (κ2) is 5.85. The Morgan fingerprint density at radius 1 is 1.26 bits per heavy atom. The summed E-state index contributed by atoms with van der Waals surface area (Å²) in [6.45, 7) is 0. The van der Waals surface area contributed by atoms with E-state index in [4.69, 9.17) is 0 Å². The van der Waals surface area contributed by atoms with Gasteiger partial charge in [-0.2, -0.15) is 0 Å². The van der Waals surface area contributed by atoms with Crippen LogP contribution in [0.3, 0.4) is 0 Å². The van der Waals surface area contributed by atoms with Gasteiger partial charge in [-0.25, -0.2) is 13.6 Å². The van der Waals surface area contributed by atoms with E-state index in [0.717, 1.165) is 15.6 Å². The van der Waals surface area contributed by atoms with Gasteiger partial charge in [0.2, 0.25) is 12.3 Å². The Hall–Kier alpha value is -1.50. The first-order valence-electron chi connectivity index (χ1n) is 7.52. The lowest BCUT2D eigenvalue weighted by Crippen LogP contribution is -2.46. The fraction of sp³-hybridized carbons (Fsp3) is 0.500. The van der Waals surface area contributed by atoms with E-state index in [-0.39, 0.29) is 18.9 Å². The van der Waals surface area contributed by atoms with E-state index in [0.29, 0.717) is 25.7 Å². The maximum Gasteiger partial charge on any atom is 0.321 e. The van der Waals surface area contributed by atoms with Gasteiger partial charge in [0.1, 0.15) is 0 Å². The number of hydrogen-bond acceptors (Lipinski definition) is 2. The van der Waals surface area contributed by atoms with Crippen LogP contribution in [0.5, 0.6) is 0 Å². The number of carbonyl (C=O) groups excluding carboxylic acids is 2. The van der Waals surface area contributed by atoms with Crippen molar-refractivity contribution in [1.29, 1.82) is 0 Å². The summed E-state index contributed by atoms with van der Waals surface area (Å²) in [5.41, 5.74) is 1.59. The molecule has 0 aliphatic heterocycles. The highest BCUT2D eigenvalue weighted by atomic mass is 79.9. The predicted molar refractivity (Wildman–Crippen MR) is 84.2 cm³/mol. The molecule has 4 nitrogen and oxygen atoms in total. The fourth-order valence-electron chi connectivity index (χ4n) is 3.84. The first-order valence-corrected chi connectivity index (χ1v) is 8.31. The van der Waals surface area contributed by atoms with E-state index in [9.17, 15) is 18.4 Å². The SMILES string of the molecule is O=CNC(=O)NC1c2cc(Br)ccc2CC12CCC(F)(F)CC2. The van der Waals surface area contributed by atoms with Crippen LogP contribution in [0, 0.1) is 5.41 Å². The molecule has 1 fully saturated rings. The van der Waals surface area contributed by atoms with Crippen molar-refractivity contribution < 1.29 is 18.4 Å². The Bertz CT molecular complexity index is 641. The van der Waals surface area contributed by atoms with Gasteiger partial charge in [0.05, 0.1) is 6.04 Å².